The van der Waals surface area contributed by atoms with Crippen LogP contribution < -0.4 is 0 Å². The number of benzene rings is 1. The normalized spacial score (nSPS) is 10.1. The van der Waals surface area contributed by atoms with Gasteiger partial charge in [0.25, 0.3) is 5.69 Å². The molecule has 0 aliphatic heterocycles. The molecule has 0 amide bonds. The summed E-state index contributed by atoms with van der Waals surface area (Å²) in [6.45, 7) is 0. The van der Waals surface area contributed by atoms with Crippen LogP contribution >= 0.6 is 0 Å². The molecule has 0 aliphatic rings. The maximum absolute atomic E-state index is 10.6. The van der Waals surface area contributed by atoms with Crippen molar-refractivity contribution in [2.24, 2.45) is 0 Å². The van der Waals surface area contributed by atoms with Crippen molar-refractivity contribution in [3.63, 3.8) is 0 Å². The number of hydrogen-bond donors (Lipinski definition) is 1. The first-order chi connectivity index (χ1) is 8.08. The number of nitro benzene ring substituents is 1. The Balaban J connectivity index is 2.33. The van der Waals surface area contributed by atoms with Crippen molar-refractivity contribution >= 4 is 11.8 Å². The third kappa shape index (κ3) is 2.12. The van der Waals surface area contributed by atoms with E-state index in [-0.39, 0.29) is 5.69 Å². The summed E-state index contributed by atoms with van der Waals surface area (Å²) in [6.07, 6.45) is 0.122. The Bertz CT molecular complexity index is 573. The second kappa shape index (κ2) is 4.05. The summed E-state index contributed by atoms with van der Waals surface area (Å²) >= 11 is 0. The fraction of sp³-hybridized carbons (Fsp3) is 0. The van der Waals surface area contributed by atoms with Crippen LogP contribution in [0.1, 0.15) is 0 Å². The minimum absolute atomic E-state index is 0.0218. The van der Waals surface area contributed by atoms with Gasteiger partial charge in [0, 0.05) is 23.9 Å². The fourth-order valence-corrected chi connectivity index (χ4v) is 1.34. The van der Waals surface area contributed by atoms with Gasteiger partial charge in [0.1, 0.15) is 0 Å². The molecule has 1 aromatic heterocycles. The first kappa shape index (κ1) is 10.8. The Labute approximate surface area is 95.1 Å². The summed E-state index contributed by atoms with van der Waals surface area (Å²) in [5.41, 5.74) is 1.05. The highest BCUT2D eigenvalue weighted by molar-refractivity contribution is 5.69. The van der Waals surface area contributed by atoms with Crippen molar-refractivity contribution in [2.45, 2.75) is 0 Å². The average Bonchev–Trinajstić information content (AvgIpc) is 2.78. The lowest BCUT2D eigenvalue weighted by atomic mass is 10.1. The van der Waals surface area contributed by atoms with Gasteiger partial charge in [-0.05, 0) is 18.2 Å². The molecule has 86 valence electrons. The molecule has 0 unspecified atom stereocenters. The number of carbonyl (C=O) groups is 1. The van der Waals surface area contributed by atoms with E-state index < -0.39 is 11.0 Å². The van der Waals surface area contributed by atoms with Crippen LogP contribution in [0.4, 0.5) is 10.5 Å². The molecule has 1 aromatic carbocycles. The van der Waals surface area contributed by atoms with E-state index in [1.165, 1.54) is 36.5 Å². The number of aromatic nitrogens is 2. The Kier molecular flexibility index (Phi) is 2.57. The Hall–Kier alpha value is -2.70. The topological polar surface area (TPSA) is 98.3 Å². The molecule has 17 heavy (non-hydrogen) atoms. The molecule has 7 nitrogen and oxygen atoms in total. The maximum Gasteiger partial charge on any atom is 0.432 e. The highest BCUT2D eigenvalue weighted by atomic mass is 16.6. The zero-order chi connectivity index (χ0) is 12.4. The van der Waals surface area contributed by atoms with Gasteiger partial charge in [-0.3, -0.25) is 10.1 Å². The number of hydrogen-bond acceptors (Lipinski definition) is 4. The summed E-state index contributed by atoms with van der Waals surface area (Å²) in [7, 11) is 0. The Morgan fingerprint density at radius 1 is 1.29 bits per heavy atom. The summed E-state index contributed by atoms with van der Waals surface area (Å²) in [4.78, 5) is 20.6. The van der Waals surface area contributed by atoms with Gasteiger partial charge in [0.15, 0.2) is 0 Å². The fourth-order valence-electron chi connectivity index (χ4n) is 1.34. The van der Waals surface area contributed by atoms with Crippen molar-refractivity contribution in [3.8, 4) is 11.3 Å². The van der Waals surface area contributed by atoms with Gasteiger partial charge in [-0.15, -0.1) is 0 Å². The van der Waals surface area contributed by atoms with Gasteiger partial charge < -0.3 is 5.11 Å². The standard InChI is InChI=1S/C10H7N3O4/c14-10(15)12-6-5-9(11-12)7-1-3-8(4-2-7)13(16)17/h1-6H,(H,14,15). The molecule has 1 N–H and O–H groups in total. The van der Waals surface area contributed by atoms with Crippen LogP contribution in [0.3, 0.4) is 0 Å². The smallest absolute Gasteiger partial charge is 0.432 e. The van der Waals surface area contributed by atoms with Crippen LogP contribution in [0.2, 0.25) is 0 Å². The van der Waals surface area contributed by atoms with E-state index in [1.807, 2.05) is 0 Å². The number of carboxylic acid groups (broad SMARTS) is 1. The first-order valence-electron chi connectivity index (χ1n) is 4.62. The van der Waals surface area contributed by atoms with Crippen molar-refractivity contribution < 1.29 is 14.8 Å². The van der Waals surface area contributed by atoms with E-state index in [9.17, 15) is 14.9 Å². The van der Waals surface area contributed by atoms with Crippen LogP contribution in [0.15, 0.2) is 36.5 Å². The molecule has 7 heteroatoms. The first-order valence-corrected chi connectivity index (χ1v) is 4.62. The van der Waals surface area contributed by atoms with E-state index in [0.29, 0.717) is 11.3 Å². The largest absolute Gasteiger partial charge is 0.463 e. The summed E-state index contributed by atoms with van der Waals surface area (Å²) in [5, 5.41) is 22.9. The minimum Gasteiger partial charge on any atom is -0.463 e. The molecule has 0 aliphatic carbocycles. The van der Waals surface area contributed by atoms with Crippen LogP contribution in [0.25, 0.3) is 11.3 Å². The molecule has 0 fully saturated rings. The monoisotopic (exact) mass is 233 g/mol. The average molecular weight is 233 g/mol. The second-order valence-corrected chi connectivity index (χ2v) is 3.23. The van der Waals surface area contributed by atoms with Crippen LogP contribution in [0.5, 0.6) is 0 Å². The van der Waals surface area contributed by atoms with Gasteiger partial charge in [0.05, 0.1) is 10.6 Å². The molecule has 2 rings (SSSR count). The van der Waals surface area contributed by atoms with E-state index in [4.69, 9.17) is 5.11 Å². The van der Waals surface area contributed by atoms with Crippen LogP contribution in [-0.4, -0.2) is 25.9 Å². The molecule has 0 spiro atoms. The van der Waals surface area contributed by atoms with Crippen molar-refractivity contribution in [1.82, 2.24) is 9.78 Å². The summed E-state index contributed by atoms with van der Waals surface area (Å²) in [6, 6.07) is 7.25. The van der Waals surface area contributed by atoms with Gasteiger partial charge in [-0.2, -0.15) is 9.78 Å². The lowest BCUT2D eigenvalue weighted by Gasteiger charge is -1.96. The molecule has 1 heterocycles. The van der Waals surface area contributed by atoms with Gasteiger partial charge >= 0.3 is 6.09 Å². The quantitative estimate of drug-likeness (QED) is 0.631. The highest BCUT2D eigenvalue weighted by Gasteiger charge is 2.08. The minimum atomic E-state index is -1.18. The van der Waals surface area contributed by atoms with Crippen LogP contribution in [0, 0.1) is 10.1 Å². The Morgan fingerprint density at radius 2 is 1.94 bits per heavy atom. The summed E-state index contributed by atoms with van der Waals surface area (Å²) < 4.78 is 0.775. The van der Waals surface area contributed by atoms with E-state index in [0.717, 1.165) is 4.68 Å². The maximum atomic E-state index is 10.6. The molecular weight excluding hydrogens is 226 g/mol. The second-order valence-electron chi connectivity index (χ2n) is 3.23. The van der Waals surface area contributed by atoms with Gasteiger partial charge in [0.2, 0.25) is 0 Å². The SMILES string of the molecule is O=C(O)n1ccc(-c2ccc([N+](=O)[O-])cc2)n1. The predicted octanol–water partition coefficient (Wildman–Crippen LogP) is 1.98. The molecule has 0 saturated heterocycles. The number of nitro groups is 1. The van der Waals surface area contributed by atoms with Crippen molar-refractivity contribution in [3.05, 3.63) is 46.6 Å². The number of nitrogens with zero attached hydrogens (tertiary/aromatic N) is 3. The van der Waals surface area contributed by atoms with Crippen molar-refractivity contribution in [1.29, 1.82) is 0 Å². The molecule has 0 saturated carbocycles. The molecular formula is C10H7N3O4. The van der Waals surface area contributed by atoms with E-state index in [2.05, 4.69) is 5.10 Å². The lowest BCUT2D eigenvalue weighted by molar-refractivity contribution is -0.384. The third-order valence-electron chi connectivity index (χ3n) is 2.16. The van der Waals surface area contributed by atoms with E-state index in [1.54, 1.807) is 0 Å². The highest BCUT2D eigenvalue weighted by Crippen LogP contribution is 2.20. The van der Waals surface area contributed by atoms with E-state index >= 15 is 0 Å². The zero-order valence-electron chi connectivity index (χ0n) is 8.48. The van der Waals surface area contributed by atoms with Gasteiger partial charge in [-0.1, -0.05) is 0 Å². The lowest BCUT2D eigenvalue weighted by Crippen LogP contribution is -2.07. The third-order valence-corrected chi connectivity index (χ3v) is 2.16. The van der Waals surface area contributed by atoms with Crippen LogP contribution in [-0.2, 0) is 0 Å². The molecule has 0 atom stereocenters. The number of rotatable bonds is 2. The number of non-ortho nitro benzene ring substituents is 1. The van der Waals surface area contributed by atoms with Gasteiger partial charge in [-0.25, -0.2) is 4.79 Å². The Morgan fingerprint density at radius 3 is 2.41 bits per heavy atom. The molecule has 2 aromatic rings. The zero-order valence-corrected chi connectivity index (χ0v) is 8.48. The molecule has 0 radical (unpaired) electrons. The predicted molar refractivity (Wildman–Crippen MR) is 57.7 cm³/mol. The summed E-state index contributed by atoms with van der Waals surface area (Å²) in [5.74, 6) is 0. The van der Waals surface area contributed by atoms with Crippen molar-refractivity contribution in [2.75, 3.05) is 0 Å². The molecule has 0 bridgehead atoms.